The summed E-state index contributed by atoms with van der Waals surface area (Å²) in [5.74, 6) is 3.26. The number of fused-ring (bicyclic) bond motifs is 1. The summed E-state index contributed by atoms with van der Waals surface area (Å²) in [7, 11) is 3.42. The van der Waals surface area contributed by atoms with E-state index in [0.29, 0.717) is 5.92 Å². The van der Waals surface area contributed by atoms with Gasteiger partial charge in [0.1, 0.15) is 0 Å². The zero-order valence-electron chi connectivity index (χ0n) is 13.4. The minimum atomic E-state index is 0.705. The summed E-state index contributed by atoms with van der Waals surface area (Å²) in [5, 5.41) is 0. The second-order valence-corrected chi connectivity index (χ2v) is 6.48. The fourth-order valence-electron chi connectivity index (χ4n) is 4.05. The first kappa shape index (κ1) is 14.5. The van der Waals surface area contributed by atoms with Crippen LogP contribution in [0.3, 0.4) is 0 Å². The predicted octanol–water partition coefficient (Wildman–Crippen LogP) is 4.86. The van der Waals surface area contributed by atoms with Crippen LogP contribution in [0, 0.1) is 11.8 Å². The van der Waals surface area contributed by atoms with E-state index in [9.17, 15) is 0 Å². The van der Waals surface area contributed by atoms with Crippen molar-refractivity contribution < 1.29 is 9.47 Å². The van der Waals surface area contributed by atoms with E-state index in [1.807, 2.05) is 0 Å². The van der Waals surface area contributed by atoms with Crippen LogP contribution < -0.4 is 9.47 Å². The molecule has 2 nitrogen and oxygen atoms in total. The SMILES string of the molecule is COc1cc2c(cc1OC)C(C)=CC(C1CCCCC1)C2. The van der Waals surface area contributed by atoms with Gasteiger partial charge >= 0.3 is 0 Å². The van der Waals surface area contributed by atoms with Gasteiger partial charge in [-0.1, -0.05) is 25.3 Å². The molecule has 0 saturated heterocycles. The molecule has 1 aromatic carbocycles. The summed E-state index contributed by atoms with van der Waals surface area (Å²) in [5.41, 5.74) is 4.15. The lowest BCUT2D eigenvalue weighted by molar-refractivity contribution is 0.283. The summed E-state index contributed by atoms with van der Waals surface area (Å²) >= 11 is 0. The molecule has 21 heavy (non-hydrogen) atoms. The van der Waals surface area contributed by atoms with Gasteiger partial charge in [-0.2, -0.15) is 0 Å². The number of hydrogen-bond acceptors (Lipinski definition) is 2. The molecule has 0 aliphatic heterocycles. The van der Waals surface area contributed by atoms with Crippen molar-refractivity contribution in [2.45, 2.75) is 45.4 Å². The van der Waals surface area contributed by atoms with Gasteiger partial charge in [-0.15, -0.1) is 0 Å². The number of rotatable bonds is 3. The Balaban J connectivity index is 1.91. The summed E-state index contributed by atoms with van der Waals surface area (Å²) in [6.07, 6.45) is 10.7. The van der Waals surface area contributed by atoms with Crippen LogP contribution in [0.15, 0.2) is 18.2 Å². The molecule has 2 aliphatic carbocycles. The summed E-state index contributed by atoms with van der Waals surface area (Å²) in [6, 6.07) is 4.32. The fraction of sp³-hybridized carbons (Fsp3) is 0.579. The smallest absolute Gasteiger partial charge is 0.161 e. The number of allylic oxidation sites excluding steroid dienone is 2. The van der Waals surface area contributed by atoms with Crippen molar-refractivity contribution >= 4 is 5.57 Å². The highest BCUT2D eigenvalue weighted by Crippen LogP contribution is 2.42. The molecule has 114 valence electrons. The van der Waals surface area contributed by atoms with E-state index in [1.54, 1.807) is 14.2 Å². The van der Waals surface area contributed by atoms with Gasteiger partial charge in [-0.3, -0.25) is 0 Å². The average molecular weight is 286 g/mol. The Morgan fingerprint density at radius 2 is 1.62 bits per heavy atom. The minimum absolute atomic E-state index is 0.705. The topological polar surface area (TPSA) is 18.5 Å². The molecule has 0 radical (unpaired) electrons. The molecule has 1 aromatic rings. The van der Waals surface area contributed by atoms with Crippen LogP contribution in [-0.2, 0) is 6.42 Å². The highest BCUT2D eigenvalue weighted by Gasteiger charge is 2.27. The van der Waals surface area contributed by atoms with Crippen LogP contribution in [0.25, 0.3) is 5.57 Å². The van der Waals surface area contributed by atoms with Gasteiger partial charge in [0.05, 0.1) is 14.2 Å². The van der Waals surface area contributed by atoms with E-state index in [0.717, 1.165) is 23.8 Å². The van der Waals surface area contributed by atoms with Gasteiger partial charge in [0.2, 0.25) is 0 Å². The normalized spacial score (nSPS) is 22.4. The standard InChI is InChI=1S/C19H26O2/c1-13-9-15(14-7-5-4-6-8-14)10-16-11-18(20-2)19(21-3)12-17(13)16/h9,11-12,14-15H,4-8,10H2,1-3H3. The second-order valence-electron chi connectivity index (χ2n) is 6.48. The van der Waals surface area contributed by atoms with Crippen LogP contribution >= 0.6 is 0 Å². The largest absolute Gasteiger partial charge is 0.493 e. The summed E-state index contributed by atoms with van der Waals surface area (Å²) in [4.78, 5) is 0. The maximum atomic E-state index is 5.47. The molecule has 0 spiro atoms. The molecule has 1 atom stereocenters. The van der Waals surface area contributed by atoms with Gasteiger partial charge in [0, 0.05) is 0 Å². The van der Waals surface area contributed by atoms with E-state index in [-0.39, 0.29) is 0 Å². The van der Waals surface area contributed by atoms with Gasteiger partial charge in [0.25, 0.3) is 0 Å². The zero-order chi connectivity index (χ0) is 14.8. The first-order chi connectivity index (χ1) is 10.2. The molecule has 1 unspecified atom stereocenters. The van der Waals surface area contributed by atoms with E-state index in [1.165, 1.54) is 48.8 Å². The molecular formula is C19H26O2. The molecule has 1 fully saturated rings. The van der Waals surface area contributed by atoms with Gasteiger partial charge in [-0.05, 0) is 66.9 Å². The summed E-state index contributed by atoms with van der Waals surface area (Å²) < 4.78 is 10.9. The van der Waals surface area contributed by atoms with Crippen molar-refractivity contribution in [2.24, 2.45) is 11.8 Å². The van der Waals surface area contributed by atoms with E-state index in [2.05, 4.69) is 25.1 Å². The number of methoxy groups -OCH3 is 2. The number of hydrogen-bond donors (Lipinski definition) is 0. The average Bonchev–Trinajstić information content (AvgIpc) is 2.54. The molecule has 0 aromatic heterocycles. The Kier molecular flexibility index (Phi) is 4.23. The molecule has 0 amide bonds. The van der Waals surface area contributed by atoms with E-state index >= 15 is 0 Å². The van der Waals surface area contributed by atoms with Crippen molar-refractivity contribution in [2.75, 3.05) is 14.2 Å². The summed E-state index contributed by atoms with van der Waals surface area (Å²) in [6.45, 7) is 2.24. The Bertz CT molecular complexity index is 539. The van der Waals surface area contributed by atoms with E-state index < -0.39 is 0 Å². The van der Waals surface area contributed by atoms with E-state index in [4.69, 9.17) is 9.47 Å². The monoisotopic (exact) mass is 286 g/mol. The molecule has 1 saturated carbocycles. The Morgan fingerprint density at radius 1 is 0.952 bits per heavy atom. The third kappa shape index (κ3) is 2.81. The molecule has 0 bridgehead atoms. The minimum Gasteiger partial charge on any atom is -0.493 e. The Labute approximate surface area is 128 Å². The second kappa shape index (κ2) is 6.13. The fourth-order valence-corrected chi connectivity index (χ4v) is 4.05. The third-order valence-corrected chi connectivity index (χ3v) is 5.21. The third-order valence-electron chi connectivity index (χ3n) is 5.21. The molecule has 0 N–H and O–H groups in total. The van der Waals surface area contributed by atoms with Crippen molar-refractivity contribution in [3.63, 3.8) is 0 Å². The van der Waals surface area contributed by atoms with Crippen molar-refractivity contribution in [3.05, 3.63) is 29.3 Å². The van der Waals surface area contributed by atoms with Crippen LogP contribution in [0.1, 0.15) is 50.2 Å². The highest BCUT2D eigenvalue weighted by atomic mass is 16.5. The lowest BCUT2D eigenvalue weighted by atomic mass is 9.73. The van der Waals surface area contributed by atoms with Crippen molar-refractivity contribution in [1.29, 1.82) is 0 Å². The van der Waals surface area contributed by atoms with Crippen LogP contribution in [0.5, 0.6) is 11.5 Å². The first-order valence-electron chi connectivity index (χ1n) is 8.16. The van der Waals surface area contributed by atoms with Crippen molar-refractivity contribution in [3.8, 4) is 11.5 Å². The molecular weight excluding hydrogens is 260 g/mol. The maximum absolute atomic E-state index is 5.47. The lowest BCUT2D eigenvalue weighted by Gasteiger charge is -2.32. The quantitative estimate of drug-likeness (QED) is 0.790. The van der Waals surface area contributed by atoms with Crippen LogP contribution in [0.2, 0.25) is 0 Å². The Morgan fingerprint density at radius 3 is 2.29 bits per heavy atom. The van der Waals surface area contributed by atoms with Gasteiger partial charge in [0.15, 0.2) is 11.5 Å². The number of ether oxygens (including phenoxy) is 2. The number of benzene rings is 1. The predicted molar refractivity (Wildman–Crippen MR) is 87.0 cm³/mol. The maximum Gasteiger partial charge on any atom is 0.161 e. The van der Waals surface area contributed by atoms with Crippen LogP contribution in [-0.4, -0.2) is 14.2 Å². The zero-order valence-corrected chi connectivity index (χ0v) is 13.4. The Hall–Kier alpha value is -1.44. The van der Waals surface area contributed by atoms with Gasteiger partial charge in [-0.25, -0.2) is 0 Å². The molecule has 0 heterocycles. The molecule has 2 aliphatic rings. The van der Waals surface area contributed by atoms with Crippen LogP contribution in [0.4, 0.5) is 0 Å². The lowest BCUT2D eigenvalue weighted by Crippen LogP contribution is -2.21. The van der Waals surface area contributed by atoms with Crippen molar-refractivity contribution in [1.82, 2.24) is 0 Å². The van der Waals surface area contributed by atoms with Gasteiger partial charge < -0.3 is 9.47 Å². The molecule has 3 rings (SSSR count). The first-order valence-corrected chi connectivity index (χ1v) is 8.16. The molecule has 2 heteroatoms. The highest BCUT2D eigenvalue weighted by molar-refractivity contribution is 5.72.